The molecule has 0 rings (SSSR count). The SMILES string of the molecule is CC/C=C\C/C=C\C/C=C\C/C=C\C/C=C\C/C=C\C/C=C\CCCC(=O)OC(CO)COCCCCCCC/C=C\C/C=C\C/C=C\C/C=C\C/C=C\C/C=C\CC. The van der Waals surface area contributed by atoms with Gasteiger partial charge in [-0.05, 0) is 116 Å². The standard InChI is InChI=1S/C55H84O4/c1-3-5-7-9-11-13-15-17-19-21-23-25-27-29-31-33-35-37-39-41-43-45-47-49-51-58-53-54(52-56)59-55(57)50-48-46-44-42-40-38-36-34-32-30-28-26-24-22-20-18-16-14-12-10-8-6-4-2/h5-8,11-14,17-20,23-26,29-32,35-38,42,44,54,56H,3-4,9-10,15-16,21-22,27-28,33-34,39-41,43,45-53H2,1-2H3/b7-5-,8-6-,13-11-,14-12-,19-17-,20-18-,25-23-,26-24-,31-29-,32-30-,37-35-,38-36-,44-42-. The van der Waals surface area contributed by atoms with Crippen molar-refractivity contribution < 1.29 is 19.4 Å². The van der Waals surface area contributed by atoms with Gasteiger partial charge in [0.1, 0.15) is 6.10 Å². The molecule has 0 fully saturated rings. The Morgan fingerprint density at radius 3 is 1.07 bits per heavy atom. The van der Waals surface area contributed by atoms with Crippen molar-refractivity contribution in [3.8, 4) is 0 Å². The van der Waals surface area contributed by atoms with Gasteiger partial charge >= 0.3 is 5.97 Å². The molecule has 0 spiro atoms. The Balaban J connectivity index is 3.67. The molecule has 328 valence electrons. The predicted octanol–water partition coefficient (Wildman–Crippen LogP) is 15.8. The van der Waals surface area contributed by atoms with Crippen LogP contribution < -0.4 is 0 Å². The molecular weight excluding hydrogens is 725 g/mol. The maximum absolute atomic E-state index is 12.2. The molecule has 0 aliphatic carbocycles. The van der Waals surface area contributed by atoms with Gasteiger partial charge in [0.25, 0.3) is 0 Å². The second-order valence-corrected chi connectivity index (χ2v) is 14.4. The molecule has 1 unspecified atom stereocenters. The number of allylic oxidation sites excluding steroid dienone is 26. The second kappa shape index (κ2) is 50.2. The van der Waals surface area contributed by atoms with Crippen LogP contribution in [-0.4, -0.2) is 37.0 Å². The highest BCUT2D eigenvalue weighted by Gasteiger charge is 2.13. The first-order valence-electron chi connectivity index (χ1n) is 23.1. The number of aliphatic hydroxyl groups excluding tert-OH is 1. The van der Waals surface area contributed by atoms with Gasteiger partial charge in [0.2, 0.25) is 0 Å². The molecular formula is C55H84O4. The summed E-state index contributed by atoms with van der Waals surface area (Å²) in [7, 11) is 0. The summed E-state index contributed by atoms with van der Waals surface area (Å²) in [4.78, 5) is 12.2. The minimum Gasteiger partial charge on any atom is -0.457 e. The smallest absolute Gasteiger partial charge is 0.306 e. The lowest BCUT2D eigenvalue weighted by molar-refractivity contribution is -0.154. The van der Waals surface area contributed by atoms with Gasteiger partial charge in [-0.1, -0.05) is 191 Å². The summed E-state index contributed by atoms with van der Waals surface area (Å²) < 4.78 is 11.1. The average Bonchev–Trinajstić information content (AvgIpc) is 3.24. The first-order valence-corrected chi connectivity index (χ1v) is 23.1. The first-order chi connectivity index (χ1) is 29.2. The topological polar surface area (TPSA) is 55.8 Å². The quantitative estimate of drug-likeness (QED) is 0.0381. The number of esters is 1. The van der Waals surface area contributed by atoms with Crippen molar-refractivity contribution in [3.63, 3.8) is 0 Å². The second-order valence-electron chi connectivity index (χ2n) is 14.4. The molecule has 1 N–H and O–H groups in total. The largest absolute Gasteiger partial charge is 0.457 e. The molecule has 0 aliphatic rings. The summed E-state index contributed by atoms with van der Waals surface area (Å²) in [5, 5.41) is 9.62. The molecule has 0 aliphatic heterocycles. The maximum Gasteiger partial charge on any atom is 0.306 e. The fraction of sp³-hybridized carbons (Fsp3) is 0.509. The Bertz CT molecular complexity index is 1310. The van der Waals surface area contributed by atoms with E-state index in [0.717, 1.165) is 116 Å². The lowest BCUT2D eigenvalue weighted by Gasteiger charge is -2.15. The molecule has 59 heavy (non-hydrogen) atoms. The fourth-order valence-corrected chi connectivity index (χ4v) is 5.49. The van der Waals surface area contributed by atoms with Crippen LogP contribution in [0.15, 0.2) is 158 Å². The van der Waals surface area contributed by atoms with E-state index in [0.29, 0.717) is 13.0 Å². The van der Waals surface area contributed by atoms with Crippen molar-refractivity contribution in [1.82, 2.24) is 0 Å². The van der Waals surface area contributed by atoms with E-state index >= 15 is 0 Å². The Kier molecular flexibility index (Phi) is 46.8. The van der Waals surface area contributed by atoms with Crippen LogP contribution >= 0.6 is 0 Å². The maximum atomic E-state index is 12.2. The molecule has 0 aromatic rings. The Labute approximate surface area is 363 Å². The van der Waals surface area contributed by atoms with E-state index in [4.69, 9.17) is 9.47 Å². The van der Waals surface area contributed by atoms with Crippen LogP contribution in [0.25, 0.3) is 0 Å². The third kappa shape index (κ3) is 48.3. The minimum absolute atomic E-state index is 0.216. The van der Waals surface area contributed by atoms with E-state index < -0.39 is 6.10 Å². The monoisotopic (exact) mass is 809 g/mol. The summed E-state index contributed by atoms with van der Waals surface area (Å²) in [6.45, 7) is 4.98. The Morgan fingerprint density at radius 1 is 0.407 bits per heavy atom. The van der Waals surface area contributed by atoms with E-state index in [1.807, 2.05) is 0 Å². The van der Waals surface area contributed by atoms with E-state index in [1.165, 1.54) is 19.3 Å². The first kappa shape index (κ1) is 55.0. The fourth-order valence-electron chi connectivity index (χ4n) is 5.49. The molecule has 0 radical (unpaired) electrons. The Morgan fingerprint density at radius 2 is 0.712 bits per heavy atom. The lowest BCUT2D eigenvalue weighted by Crippen LogP contribution is -2.27. The summed E-state index contributed by atoms with van der Waals surface area (Å²) in [5.41, 5.74) is 0. The number of carbonyl (C=O) groups excluding carboxylic acids is 1. The number of unbranched alkanes of at least 4 members (excludes halogenated alkanes) is 6. The third-order valence-electron chi connectivity index (χ3n) is 8.85. The normalized spacial score (nSPS) is 13.9. The van der Waals surface area contributed by atoms with Crippen LogP contribution in [0.3, 0.4) is 0 Å². The number of carbonyl (C=O) groups is 1. The van der Waals surface area contributed by atoms with Gasteiger partial charge in [0.05, 0.1) is 13.2 Å². The molecule has 0 amide bonds. The summed E-state index contributed by atoms with van der Waals surface area (Å²) in [5.74, 6) is -0.273. The zero-order valence-corrected chi connectivity index (χ0v) is 37.4. The van der Waals surface area contributed by atoms with Crippen LogP contribution in [0.4, 0.5) is 0 Å². The van der Waals surface area contributed by atoms with Gasteiger partial charge in [-0.3, -0.25) is 4.79 Å². The van der Waals surface area contributed by atoms with Gasteiger partial charge in [0.15, 0.2) is 0 Å². The average molecular weight is 809 g/mol. The van der Waals surface area contributed by atoms with Crippen molar-refractivity contribution in [3.05, 3.63) is 158 Å². The van der Waals surface area contributed by atoms with Crippen LogP contribution in [0, 0.1) is 0 Å². The van der Waals surface area contributed by atoms with E-state index in [1.54, 1.807) is 0 Å². The highest BCUT2D eigenvalue weighted by atomic mass is 16.6. The van der Waals surface area contributed by atoms with Gasteiger partial charge < -0.3 is 14.6 Å². The number of rotatable bonds is 40. The van der Waals surface area contributed by atoms with Crippen LogP contribution in [-0.2, 0) is 14.3 Å². The van der Waals surface area contributed by atoms with Gasteiger partial charge in [-0.2, -0.15) is 0 Å². The van der Waals surface area contributed by atoms with Crippen LogP contribution in [0.2, 0.25) is 0 Å². The number of hydrogen-bond acceptors (Lipinski definition) is 4. The van der Waals surface area contributed by atoms with Gasteiger partial charge in [-0.15, -0.1) is 0 Å². The molecule has 0 heterocycles. The number of hydrogen-bond donors (Lipinski definition) is 1. The summed E-state index contributed by atoms with van der Waals surface area (Å²) >= 11 is 0. The number of aliphatic hydroxyl groups is 1. The predicted molar refractivity (Wildman–Crippen MR) is 260 cm³/mol. The molecule has 0 bridgehead atoms. The summed E-state index contributed by atoms with van der Waals surface area (Å²) in [6.07, 6.45) is 78.8. The van der Waals surface area contributed by atoms with E-state index in [9.17, 15) is 9.90 Å². The van der Waals surface area contributed by atoms with Gasteiger partial charge in [0, 0.05) is 13.0 Å². The van der Waals surface area contributed by atoms with Crippen molar-refractivity contribution in [2.75, 3.05) is 19.8 Å². The van der Waals surface area contributed by atoms with Crippen LogP contribution in [0.1, 0.15) is 155 Å². The molecule has 0 saturated carbocycles. The molecule has 0 aromatic heterocycles. The zero-order chi connectivity index (χ0) is 42.6. The molecule has 0 aromatic carbocycles. The summed E-state index contributed by atoms with van der Waals surface area (Å²) in [6, 6.07) is 0. The third-order valence-corrected chi connectivity index (χ3v) is 8.85. The molecule has 1 atom stereocenters. The van der Waals surface area contributed by atoms with Crippen molar-refractivity contribution in [2.45, 2.75) is 161 Å². The van der Waals surface area contributed by atoms with Crippen molar-refractivity contribution in [1.29, 1.82) is 0 Å². The van der Waals surface area contributed by atoms with E-state index in [-0.39, 0.29) is 19.2 Å². The zero-order valence-electron chi connectivity index (χ0n) is 37.4. The molecule has 4 heteroatoms. The molecule has 4 nitrogen and oxygen atoms in total. The highest BCUT2D eigenvalue weighted by molar-refractivity contribution is 5.69. The minimum atomic E-state index is -0.590. The number of ether oxygens (including phenoxy) is 2. The van der Waals surface area contributed by atoms with Gasteiger partial charge in [-0.25, -0.2) is 0 Å². The van der Waals surface area contributed by atoms with Crippen molar-refractivity contribution >= 4 is 5.97 Å². The van der Waals surface area contributed by atoms with E-state index in [2.05, 4.69) is 172 Å². The Hall–Kier alpha value is -3.99. The van der Waals surface area contributed by atoms with Crippen molar-refractivity contribution in [2.24, 2.45) is 0 Å². The van der Waals surface area contributed by atoms with Crippen LogP contribution in [0.5, 0.6) is 0 Å². The molecule has 0 saturated heterocycles. The lowest BCUT2D eigenvalue weighted by atomic mass is 10.1. The highest BCUT2D eigenvalue weighted by Crippen LogP contribution is 2.08.